The van der Waals surface area contributed by atoms with Crippen LogP contribution in [0.15, 0.2) is 30.3 Å². The van der Waals surface area contributed by atoms with Crippen molar-refractivity contribution in [3.63, 3.8) is 0 Å². The maximum absolute atomic E-state index is 12.1. The molecule has 1 N–H and O–H groups in total. The Hall–Kier alpha value is -2.37. The molecule has 3 rings (SSSR count). The zero-order valence-corrected chi connectivity index (χ0v) is 12.3. The Balaban J connectivity index is 1.45. The van der Waals surface area contributed by atoms with E-state index in [1.54, 1.807) is 4.90 Å². The van der Waals surface area contributed by atoms with Gasteiger partial charge in [-0.05, 0) is 24.8 Å². The molecule has 1 saturated heterocycles. The summed E-state index contributed by atoms with van der Waals surface area (Å²) < 4.78 is 0. The number of urea groups is 1. The summed E-state index contributed by atoms with van der Waals surface area (Å²) in [6.07, 6.45) is 2.63. The lowest BCUT2D eigenvalue weighted by Crippen LogP contribution is -2.42. The first-order valence-electron chi connectivity index (χ1n) is 7.57. The van der Waals surface area contributed by atoms with E-state index >= 15 is 0 Å². The molecule has 1 aliphatic heterocycles. The molecule has 4 amide bonds. The first-order valence-corrected chi connectivity index (χ1v) is 7.57. The molecule has 6 nitrogen and oxygen atoms in total. The van der Waals surface area contributed by atoms with Crippen molar-refractivity contribution in [3.8, 4) is 0 Å². The molecular weight excluding hydrogens is 282 g/mol. The third kappa shape index (κ3) is 3.27. The molecule has 116 valence electrons. The van der Waals surface area contributed by atoms with Gasteiger partial charge in [0.1, 0.15) is 13.1 Å². The smallest absolute Gasteiger partial charge is 0.327 e. The second-order valence-corrected chi connectivity index (χ2v) is 5.71. The Bertz CT molecular complexity index is 584. The van der Waals surface area contributed by atoms with Gasteiger partial charge in [0, 0.05) is 12.6 Å². The number of carbonyl (C=O) groups is 3. The number of nitrogens with one attached hydrogen (secondary N) is 1. The quantitative estimate of drug-likeness (QED) is 0.789. The van der Waals surface area contributed by atoms with Crippen molar-refractivity contribution >= 4 is 17.8 Å². The summed E-state index contributed by atoms with van der Waals surface area (Å²) in [6.45, 7) is 0.419. The standard InChI is InChI=1S/C16H19N3O3/c20-14(17-9-8-12-4-2-1-3-5-12)10-19-15(21)11-18(16(19)22)13-6-7-13/h1-5,13H,6-11H2,(H,17,20). The van der Waals surface area contributed by atoms with E-state index in [2.05, 4.69) is 5.32 Å². The molecular formula is C16H19N3O3. The van der Waals surface area contributed by atoms with Crippen LogP contribution in [-0.4, -0.2) is 53.3 Å². The van der Waals surface area contributed by atoms with E-state index in [0.717, 1.165) is 29.7 Å². The van der Waals surface area contributed by atoms with Crippen LogP contribution in [0.3, 0.4) is 0 Å². The second-order valence-electron chi connectivity index (χ2n) is 5.71. The molecule has 0 bridgehead atoms. The van der Waals surface area contributed by atoms with Gasteiger partial charge in [0.15, 0.2) is 0 Å². The molecule has 0 atom stereocenters. The molecule has 1 aromatic carbocycles. The predicted molar refractivity (Wildman–Crippen MR) is 80.0 cm³/mol. The van der Waals surface area contributed by atoms with Gasteiger partial charge in [0.05, 0.1) is 0 Å². The van der Waals surface area contributed by atoms with Crippen LogP contribution in [0, 0.1) is 0 Å². The maximum Gasteiger partial charge on any atom is 0.327 e. The summed E-state index contributed by atoms with van der Waals surface area (Å²) in [5.74, 6) is -0.578. The lowest BCUT2D eigenvalue weighted by atomic mass is 10.1. The van der Waals surface area contributed by atoms with Crippen LogP contribution in [0.4, 0.5) is 4.79 Å². The SMILES string of the molecule is O=C(CN1C(=O)CN(C2CC2)C1=O)NCCc1ccccc1. The number of benzene rings is 1. The minimum absolute atomic E-state index is 0.112. The van der Waals surface area contributed by atoms with Crippen molar-refractivity contribution in [2.24, 2.45) is 0 Å². The lowest BCUT2D eigenvalue weighted by Gasteiger charge is -2.16. The molecule has 1 aromatic rings. The fraction of sp³-hybridized carbons (Fsp3) is 0.438. The summed E-state index contributed by atoms with van der Waals surface area (Å²) in [6, 6.07) is 9.70. The third-order valence-electron chi connectivity index (χ3n) is 3.95. The summed E-state index contributed by atoms with van der Waals surface area (Å²) in [7, 11) is 0. The molecule has 2 fully saturated rings. The molecule has 1 saturated carbocycles. The maximum atomic E-state index is 12.1. The predicted octanol–water partition coefficient (Wildman–Crippen LogP) is 0.772. The van der Waals surface area contributed by atoms with E-state index in [1.807, 2.05) is 30.3 Å². The number of nitrogens with zero attached hydrogens (tertiary/aromatic N) is 2. The van der Waals surface area contributed by atoms with Crippen LogP contribution in [0.2, 0.25) is 0 Å². The van der Waals surface area contributed by atoms with Gasteiger partial charge < -0.3 is 10.2 Å². The number of hydrogen-bond donors (Lipinski definition) is 1. The largest absolute Gasteiger partial charge is 0.354 e. The number of amides is 4. The van der Waals surface area contributed by atoms with Crippen molar-refractivity contribution in [1.82, 2.24) is 15.1 Å². The van der Waals surface area contributed by atoms with E-state index < -0.39 is 0 Å². The van der Waals surface area contributed by atoms with Crippen LogP contribution in [0.5, 0.6) is 0 Å². The van der Waals surface area contributed by atoms with Gasteiger partial charge in [0.2, 0.25) is 5.91 Å². The Labute approximate surface area is 129 Å². The van der Waals surface area contributed by atoms with Gasteiger partial charge >= 0.3 is 6.03 Å². The van der Waals surface area contributed by atoms with Crippen molar-refractivity contribution in [1.29, 1.82) is 0 Å². The molecule has 22 heavy (non-hydrogen) atoms. The molecule has 2 aliphatic rings. The van der Waals surface area contributed by atoms with E-state index in [1.165, 1.54) is 0 Å². The highest BCUT2D eigenvalue weighted by Gasteiger charge is 2.44. The van der Waals surface area contributed by atoms with Crippen LogP contribution < -0.4 is 5.32 Å². The molecule has 0 aromatic heterocycles. The Morgan fingerprint density at radius 1 is 1.18 bits per heavy atom. The first-order chi connectivity index (χ1) is 10.6. The highest BCUT2D eigenvalue weighted by Crippen LogP contribution is 2.30. The fourth-order valence-corrected chi connectivity index (χ4v) is 2.58. The molecule has 0 radical (unpaired) electrons. The van der Waals surface area contributed by atoms with Gasteiger partial charge in [-0.1, -0.05) is 30.3 Å². The number of imide groups is 1. The Morgan fingerprint density at radius 3 is 2.59 bits per heavy atom. The molecule has 6 heteroatoms. The average molecular weight is 301 g/mol. The van der Waals surface area contributed by atoms with Gasteiger partial charge in [-0.25, -0.2) is 4.79 Å². The molecule has 0 spiro atoms. The zero-order chi connectivity index (χ0) is 15.5. The van der Waals surface area contributed by atoms with Crippen molar-refractivity contribution in [2.75, 3.05) is 19.6 Å². The Kier molecular flexibility index (Phi) is 4.09. The van der Waals surface area contributed by atoms with E-state index in [4.69, 9.17) is 0 Å². The van der Waals surface area contributed by atoms with Crippen LogP contribution >= 0.6 is 0 Å². The van der Waals surface area contributed by atoms with E-state index in [0.29, 0.717) is 6.54 Å². The van der Waals surface area contributed by atoms with E-state index in [9.17, 15) is 14.4 Å². The van der Waals surface area contributed by atoms with Crippen molar-refractivity contribution < 1.29 is 14.4 Å². The summed E-state index contributed by atoms with van der Waals surface area (Å²) in [4.78, 5) is 38.4. The van der Waals surface area contributed by atoms with Gasteiger partial charge in [-0.3, -0.25) is 14.5 Å². The average Bonchev–Trinajstić information content (AvgIpc) is 3.31. The monoisotopic (exact) mass is 301 g/mol. The summed E-state index contributed by atoms with van der Waals surface area (Å²) in [5, 5.41) is 2.76. The van der Waals surface area contributed by atoms with Crippen LogP contribution in [-0.2, 0) is 16.0 Å². The van der Waals surface area contributed by atoms with Crippen LogP contribution in [0.25, 0.3) is 0 Å². The first kappa shape index (κ1) is 14.6. The number of hydrogen-bond acceptors (Lipinski definition) is 3. The second kappa shape index (κ2) is 6.17. The van der Waals surface area contributed by atoms with Crippen LogP contribution in [0.1, 0.15) is 18.4 Å². The number of rotatable bonds is 6. The molecule has 0 unspecified atom stereocenters. The lowest BCUT2D eigenvalue weighted by molar-refractivity contribution is -0.130. The fourth-order valence-electron chi connectivity index (χ4n) is 2.58. The minimum atomic E-state index is -0.328. The van der Waals surface area contributed by atoms with Crippen molar-refractivity contribution in [3.05, 3.63) is 35.9 Å². The zero-order valence-electron chi connectivity index (χ0n) is 12.3. The molecule has 1 aliphatic carbocycles. The molecule has 1 heterocycles. The third-order valence-corrected chi connectivity index (χ3v) is 3.95. The van der Waals surface area contributed by atoms with Gasteiger partial charge in [-0.15, -0.1) is 0 Å². The normalized spacial score (nSPS) is 18.0. The summed E-state index contributed by atoms with van der Waals surface area (Å²) in [5.41, 5.74) is 1.14. The van der Waals surface area contributed by atoms with Crippen molar-refractivity contribution in [2.45, 2.75) is 25.3 Å². The van der Waals surface area contributed by atoms with Gasteiger partial charge in [-0.2, -0.15) is 0 Å². The number of carbonyl (C=O) groups excluding carboxylic acids is 3. The topological polar surface area (TPSA) is 69.7 Å². The minimum Gasteiger partial charge on any atom is -0.354 e. The highest BCUT2D eigenvalue weighted by atomic mass is 16.2. The van der Waals surface area contributed by atoms with E-state index in [-0.39, 0.29) is 37.0 Å². The summed E-state index contributed by atoms with van der Waals surface area (Å²) >= 11 is 0. The van der Waals surface area contributed by atoms with Gasteiger partial charge in [0.25, 0.3) is 5.91 Å². The Morgan fingerprint density at radius 2 is 1.91 bits per heavy atom. The highest BCUT2D eigenvalue weighted by molar-refractivity contribution is 6.04.